The molecule has 2 rings (SSSR count). The molecule has 1 aromatic carbocycles. The predicted octanol–water partition coefficient (Wildman–Crippen LogP) is 2.67. The van der Waals surface area contributed by atoms with Crippen molar-refractivity contribution in [2.75, 3.05) is 7.05 Å². The first-order chi connectivity index (χ1) is 9.25. The average molecular weight is 319 g/mol. The molecule has 1 fully saturated rings. The van der Waals surface area contributed by atoms with Crippen molar-refractivity contribution in [3.8, 4) is 0 Å². The van der Waals surface area contributed by atoms with Crippen LogP contribution < -0.4 is 0 Å². The molecular weight excluding hydrogens is 304 g/mol. The van der Waals surface area contributed by atoms with Gasteiger partial charge in [0.25, 0.3) is 5.69 Å². The molecule has 0 spiro atoms. The maximum atomic E-state index is 12.5. The third kappa shape index (κ3) is 2.79. The summed E-state index contributed by atoms with van der Waals surface area (Å²) in [5.74, 6) is 0.334. The Hall–Kier alpha value is -1.18. The number of rotatable bonds is 5. The van der Waals surface area contributed by atoms with E-state index in [1.54, 1.807) is 0 Å². The molecule has 110 valence electrons. The van der Waals surface area contributed by atoms with Crippen LogP contribution in [-0.4, -0.2) is 30.7 Å². The fourth-order valence-corrected chi connectivity index (χ4v) is 3.83. The van der Waals surface area contributed by atoms with Gasteiger partial charge in [0.15, 0.2) is 4.90 Å². The highest BCUT2D eigenvalue weighted by Gasteiger charge is 2.38. The molecule has 0 saturated heterocycles. The van der Waals surface area contributed by atoms with Crippen molar-refractivity contribution in [3.63, 3.8) is 0 Å². The number of halogens is 1. The van der Waals surface area contributed by atoms with Crippen LogP contribution in [0.2, 0.25) is 5.02 Å². The van der Waals surface area contributed by atoms with Gasteiger partial charge in [-0.1, -0.05) is 11.6 Å². The van der Waals surface area contributed by atoms with Crippen LogP contribution in [0, 0.1) is 16.0 Å². The second kappa shape index (κ2) is 5.31. The van der Waals surface area contributed by atoms with Crippen LogP contribution in [0.4, 0.5) is 5.69 Å². The lowest BCUT2D eigenvalue weighted by atomic mass is 10.2. The fourth-order valence-electron chi connectivity index (χ4n) is 2.10. The van der Waals surface area contributed by atoms with E-state index >= 15 is 0 Å². The molecule has 1 aliphatic carbocycles. The standard InChI is InChI=1S/C12H15ClN2O4S/c1-8(9-3-4-9)14(2)20(18,19)12-6-5-10(13)7-11(12)15(16)17/h5-9H,3-4H2,1-2H3. The SMILES string of the molecule is CC(C1CC1)N(C)S(=O)(=O)c1ccc(Cl)cc1[N+](=O)[O-]. The Bertz CT molecular complexity index is 643. The summed E-state index contributed by atoms with van der Waals surface area (Å²) in [6.45, 7) is 1.82. The second-order valence-electron chi connectivity index (χ2n) is 4.97. The van der Waals surface area contributed by atoms with Crippen LogP contribution in [0.25, 0.3) is 0 Å². The minimum atomic E-state index is -3.90. The molecule has 0 bridgehead atoms. The lowest BCUT2D eigenvalue weighted by molar-refractivity contribution is -0.387. The van der Waals surface area contributed by atoms with Gasteiger partial charge in [-0.25, -0.2) is 8.42 Å². The van der Waals surface area contributed by atoms with Gasteiger partial charge in [0.2, 0.25) is 10.0 Å². The van der Waals surface area contributed by atoms with Crippen LogP contribution in [0.3, 0.4) is 0 Å². The van der Waals surface area contributed by atoms with Gasteiger partial charge in [-0.2, -0.15) is 4.31 Å². The zero-order valence-corrected chi connectivity index (χ0v) is 12.7. The first kappa shape index (κ1) is 15.2. The van der Waals surface area contributed by atoms with Gasteiger partial charge < -0.3 is 0 Å². The summed E-state index contributed by atoms with van der Waals surface area (Å²) in [4.78, 5) is 9.98. The highest BCUT2D eigenvalue weighted by Crippen LogP contribution is 2.37. The Morgan fingerprint density at radius 2 is 2.05 bits per heavy atom. The highest BCUT2D eigenvalue weighted by atomic mass is 35.5. The monoisotopic (exact) mass is 318 g/mol. The summed E-state index contributed by atoms with van der Waals surface area (Å²) >= 11 is 5.70. The maximum Gasteiger partial charge on any atom is 0.290 e. The number of sulfonamides is 1. The van der Waals surface area contributed by atoms with E-state index < -0.39 is 20.6 Å². The lowest BCUT2D eigenvalue weighted by Gasteiger charge is -2.24. The number of hydrogen-bond acceptors (Lipinski definition) is 4. The van der Waals surface area contributed by atoms with Crippen LogP contribution in [0.15, 0.2) is 23.1 Å². The van der Waals surface area contributed by atoms with E-state index in [0.29, 0.717) is 5.92 Å². The van der Waals surface area contributed by atoms with Crippen molar-refractivity contribution in [1.82, 2.24) is 4.31 Å². The Labute approximate surface area is 122 Å². The summed E-state index contributed by atoms with van der Waals surface area (Å²) < 4.78 is 26.3. The first-order valence-electron chi connectivity index (χ1n) is 6.17. The molecule has 1 unspecified atom stereocenters. The smallest absolute Gasteiger partial charge is 0.258 e. The van der Waals surface area contributed by atoms with Crippen molar-refractivity contribution in [2.24, 2.45) is 5.92 Å². The molecule has 0 aromatic heterocycles. The molecule has 20 heavy (non-hydrogen) atoms. The van der Waals surface area contributed by atoms with Gasteiger partial charge in [0.05, 0.1) is 4.92 Å². The zero-order chi connectivity index (χ0) is 15.1. The molecule has 0 N–H and O–H groups in total. The van der Waals surface area contributed by atoms with E-state index in [1.807, 2.05) is 6.92 Å². The van der Waals surface area contributed by atoms with Crippen molar-refractivity contribution < 1.29 is 13.3 Å². The van der Waals surface area contributed by atoms with Crippen LogP contribution in [0.5, 0.6) is 0 Å². The van der Waals surface area contributed by atoms with E-state index in [1.165, 1.54) is 23.5 Å². The summed E-state index contributed by atoms with van der Waals surface area (Å²) in [7, 11) is -2.45. The normalized spacial score (nSPS) is 17.2. The largest absolute Gasteiger partial charge is 0.290 e. The minimum absolute atomic E-state index is 0.133. The minimum Gasteiger partial charge on any atom is -0.258 e. The van der Waals surface area contributed by atoms with Crippen molar-refractivity contribution in [3.05, 3.63) is 33.3 Å². The number of nitro benzene ring substituents is 1. The Kier molecular flexibility index (Phi) is 4.04. The van der Waals surface area contributed by atoms with Gasteiger partial charge in [0, 0.05) is 24.2 Å². The Morgan fingerprint density at radius 1 is 1.45 bits per heavy atom. The highest BCUT2D eigenvalue weighted by molar-refractivity contribution is 7.89. The molecular formula is C12H15ClN2O4S. The molecule has 1 saturated carbocycles. The van der Waals surface area contributed by atoms with E-state index in [2.05, 4.69) is 0 Å². The third-order valence-corrected chi connectivity index (χ3v) is 5.88. The van der Waals surface area contributed by atoms with Gasteiger partial charge in [-0.05, 0) is 37.8 Å². The summed E-state index contributed by atoms with van der Waals surface area (Å²) in [6, 6.07) is 3.42. The maximum absolute atomic E-state index is 12.5. The van der Waals surface area contributed by atoms with Crippen molar-refractivity contribution >= 4 is 27.3 Å². The van der Waals surface area contributed by atoms with Gasteiger partial charge in [-0.15, -0.1) is 0 Å². The molecule has 0 radical (unpaired) electrons. The number of benzene rings is 1. The predicted molar refractivity (Wildman–Crippen MR) is 75.2 cm³/mol. The topological polar surface area (TPSA) is 80.5 Å². The molecule has 6 nitrogen and oxygen atoms in total. The van der Waals surface area contributed by atoms with E-state index in [4.69, 9.17) is 11.6 Å². The Morgan fingerprint density at radius 3 is 2.55 bits per heavy atom. The quantitative estimate of drug-likeness (QED) is 0.617. The Balaban J connectivity index is 2.45. The van der Waals surface area contributed by atoms with Crippen molar-refractivity contribution in [2.45, 2.75) is 30.7 Å². The van der Waals surface area contributed by atoms with Crippen LogP contribution in [0.1, 0.15) is 19.8 Å². The average Bonchev–Trinajstić information content (AvgIpc) is 3.20. The van der Waals surface area contributed by atoms with Crippen LogP contribution in [-0.2, 0) is 10.0 Å². The molecule has 0 aliphatic heterocycles. The lowest BCUT2D eigenvalue weighted by Crippen LogP contribution is -2.36. The molecule has 8 heteroatoms. The number of nitrogens with zero attached hydrogens (tertiary/aromatic N) is 2. The number of hydrogen-bond donors (Lipinski definition) is 0. The van der Waals surface area contributed by atoms with E-state index in [0.717, 1.165) is 18.9 Å². The van der Waals surface area contributed by atoms with E-state index in [9.17, 15) is 18.5 Å². The summed E-state index contributed by atoms with van der Waals surface area (Å²) in [5, 5.41) is 11.2. The summed E-state index contributed by atoms with van der Waals surface area (Å²) in [6.07, 6.45) is 1.98. The van der Waals surface area contributed by atoms with Gasteiger partial charge in [-0.3, -0.25) is 10.1 Å². The zero-order valence-electron chi connectivity index (χ0n) is 11.1. The summed E-state index contributed by atoms with van der Waals surface area (Å²) in [5.41, 5.74) is -0.493. The van der Waals surface area contributed by atoms with Gasteiger partial charge >= 0.3 is 0 Å². The second-order valence-corrected chi connectivity index (χ2v) is 7.37. The first-order valence-corrected chi connectivity index (χ1v) is 7.99. The van der Waals surface area contributed by atoms with E-state index in [-0.39, 0.29) is 16.0 Å². The fraction of sp³-hybridized carbons (Fsp3) is 0.500. The molecule has 0 heterocycles. The molecule has 1 atom stereocenters. The van der Waals surface area contributed by atoms with Crippen LogP contribution >= 0.6 is 11.6 Å². The molecule has 1 aliphatic rings. The third-order valence-electron chi connectivity index (χ3n) is 3.65. The molecule has 0 amide bonds. The van der Waals surface area contributed by atoms with Gasteiger partial charge in [0.1, 0.15) is 0 Å². The molecule has 1 aromatic rings. The van der Waals surface area contributed by atoms with Crippen molar-refractivity contribution in [1.29, 1.82) is 0 Å². The number of nitro groups is 1.